The third-order valence-electron chi connectivity index (χ3n) is 3.58. The standard InChI is InChI=1S/C12H18N2O4.C6H5ClN2O3/c1-9(2)5-4-8-18-11-7-6-10(14(15)16)12(13-11)17-3;1-12-6-4(9(10)11)2-3-5(7)8-6/h6-7,9H,4-5,8H2,1-3H3;2-3H,1H3. The van der Waals surface area contributed by atoms with Crippen molar-refractivity contribution >= 4 is 23.0 Å². The molecule has 0 aliphatic heterocycles. The fraction of sp³-hybridized carbons (Fsp3) is 0.444. The van der Waals surface area contributed by atoms with Crippen LogP contribution in [-0.2, 0) is 0 Å². The highest BCUT2D eigenvalue weighted by molar-refractivity contribution is 6.29. The predicted molar refractivity (Wildman–Crippen MR) is 109 cm³/mol. The van der Waals surface area contributed by atoms with Crippen molar-refractivity contribution in [3.63, 3.8) is 0 Å². The zero-order valence-electron chi connectivity index (χ0n) is 17.0. The highest BCUT2D eigenvalue weighted by atomic mass is 35.5. The van der Waals surface area contributed by atoms with Gasteiger partial charge in [0.1, 0.15) is 5.15 Å². The van der Waals surface area contributed by atoms with Crippen LogP contribution in [0.15, 0.2) is 24.3 Å². The van der Waals surface area contributed by atoms with Gasteiger partial charge in [0.2, 0.25) is 5.88 Å². The molecule has 0 aliphatic rings. The van der Waals surface area contributed by atoms with Gasteiger partial charge in [-0.1, -0.05) is 25.4 Å². The summed E-state index contributed by atoms with van der Waals surface area (Å²) in [6, 6.07) is 5.40. The number of nitro groups is 2. The van der Waals surface area contributed by atoms with Crippen LogP contribution in [0.4, 0.5) is 11.4 Å². The summed E-state index contributed by atoms with van der Waals surface area (Å²) >= 11 is 5.49. The van der Waals surface area contributed by atoms with Crippen LogP contribution in [0.25, 0.3) is 0 Å². The molecule has 30 heavy (non-hydrogen) atoms. The first-order valence-corrected chi connectivity index (χ1v) is 9.24. The Kier molecular flexibility index (Phi) is 10.2. The molecular weight excluding hydrogens is 420 g/mol. The van der Waals surface area contributed by atoms with E-state index in [0.29, 0.717) is 18.4 Å². The molecule has 2 aromatic rings. The van der Waals surface area contributed by atoms with Gasteiger partial charge < -0.3 is 14.2 Å². The Balaban J connectivity index is 0.000000325. The second-order valence-corrected chi connectivity index (χ2v) is 6.63. The summed E-state index contributed by atoms with van der Waals surface area (Å²) in [4.78, 5) is 27.4. The van der Waals surface area contributed by atoms with Crippen molar-refractivity contribution in [2.75, 3.05) is 20.8 Å². The van der Waals surface area contributed by atoms with Crippen molar-refractivity contribution in [2.45, 2.75) is 26.7 Å². The molecule has 0 aliphatic carbocycles. The zero-order chi connectivity index (χ0) is 22.7. The number of methoxy groups -OCH3 is 2. The van der Waals surface area contributed by atoms with Gasteiger partial charge in [0, 0.05) is 18.2 Å². The number of ether oxygens (including phenoxy) is 3. The largest absolute Gasteiger partial charge is 0.478 e. The second kappa shape index (κ2) is 12.4. The molecule has 2 aromatic heterocycles. The number of nitrogens with zero attached hydrogens (tertiary/aromatic N) is 4. The van der Waals surface area contributed by atoms with E-state index in [1.165, 1.54) is 38.5 Å². The molecular formula is C18H23ClN4O7. The van der Waals surface area contributed by atoms with Crippen LogP contribution in [0.3, 0.4) is 0 Å². The number of aromatic nitrogens is 2. The van der Waals surface area contributed by atoms with E-state index in [9.17, 15) is 20.2 Å². The molecule has 164 valence electrons. The molecule has 0 radical (unpaired) electrons. The van der Waals surface area contributed by atoms with Crippen molar-refractivity contribution in [2.24, 2.45) is 5.92 Å². The van der Waals surface area contributed by atoms with Crippen LogP contribution in [0, 0.1) is 26.1 Å². The van der Waals surface area contributed by atoms with Gasteiger partial charge in [0.25, 0.3) is 11.8 Å². The average molecular weight is 443 g/mol. The summed E-state index contributed by atoms with van der Waals surface area (Å²) in [6.07, 6.45) is 2.00. The van der Waals surface area contributed by atoms with Gasteiger partial charge in [-0.15, -0.1) is 0 Å². The van der Waals surface area contributed by atoms with E-state index in [2.05, 4.69) is 28.6 Å². The summed E-state index contributed by atoms with van der Waals surface area (Å²) in [6.45, 7) is 4.84. The van der Waals surface area contributed by atoms with Gasteiger partial charge in [-0.05, 0) is 24.8 Å². The van der Waals surface area contributed by atoms with E-state index < -0.39 is 9.85 Å². The van der Waals surface area contributed by atoms with Gasteiger partial charge in [0.15, 0.2) is 0 Å². The molecule has 12 heteroatoms. The number of hydrogen-bond acceptors (Lipinski definition) is 9. The lowest BCUT2D eigenvalue weighted by molar-refractivity contribution is -0.386. The molecule has 0 fully saturated rings. The molecule has 11 nitrogen and oxygen atoms in total. The van der Waals surface area contributed by atoms with E-state index in [4.69, 9.17) is 21.1 Å². The minimum Gasteiger partial charge on any atom is -0.478 e. The number of pyridine rings is 2. The van der Waals surface area contributed by atoms with Crippen molar-refractivity contribution in [1.29, 1.82) is 0 Å². The molecule has 0 aromatic carbocycles. The Morgan fingerprint density at radius 2 is 1.50 bits per heavy atom. The van der Waals surface area contributed by atoms with Crippen molar-refractivity contribution in [3.05, 3.63) is 49.6 Å². The molecule has 2 heterocycles. The van der Waals surface area contributed by atoms with Crippen molar-refractivity contribution in [3.8, 4) is 17.6 Å². The summed E-state index contributed by atoms with van der Waals surface area (Å²) in [7, 11) is 2.64. The maximum Gasteiger partial charge on any atom is 0.331 e. The Labute approximate surface area is 178 Å². The van der Waals surface area contributed by atoms with Crippen LogP contribution in [-0.4, -0.2) is 40.6 Å². The van der Waals surface area contributed by atoms with Gasteiger partial charge in [-0.25, -0.2) is 0 Å². The number of rotatable bonds is 9. The normalized spacial score (nSPS) is 10.1. The summed E-state index contributed by atoms with van der Waals surface area (Å²) in [5, 5.41) is 21.2. The minimum atomic E-state index is -0.581. The predicted octanol–water partition coefficient (Wildman–Crippen LogP) is 4.47. The van der Waals surface area contributed by atoms with E-state index in [0.717, 1.165) is 12.8 Å². The quantitative estimate of drug-likeness (QED) is 0.238. The monoisotopic (exact) mass is 442 g/mol. The highest BCUT2D eigenvalue weighted by Crippen LogP contribution is 2.27. The topological polar surface area (TPSA) is 140 Å². The molecule has 0 saturated heterocycles. The third-order valence-corrected chi connectivity index (χ3v) is 3.79. The smallest absolute Gasteiger partial charge is 0.331 e. The highest BCUT2D eigenvalue weighted by Gasteiger charge is 2.17. The molecule has 0 saturated carbocycles. The van der Waals surface area contributed by atoms with Crippen molar-refractivity contribution in [1.82, 2.24) is 9.97 Å². The van der Waals surface area contributed by atoms with Gasteiger partial charge in [0.05, 0.1) is 30.7 Å². The fourth-order valence-corrected chi connectivity index (χ4v) is 2.29. The first-order valence-electron chi connectivity index (χ1n) is 8.86. The third kappa shape index (κ3) is 8.03. The maximum atomic E-state index is 10.7. The molecule has 0 bridgehead atoms. The fourth-order valence-electron chi connectivity index (χ4n) is 2.15. The SMILES string of the molecule is COc1nc(Cl)ccc1[N+](=O)[O-].COc1nc(OCCCC(C)C)ccc1[N+](=O)[O-]. The maximum absolute atomic E-state index is 10.7. The van der Waals surface area contributed by atoms with Gasteiger partial charge >= 0.3 is 11.4 Å². The number of hydrogen-bond donors (Lipinski definition) is 0. The summed E-state index contributed by atoms with van der Waals surface area (Å²) in [5.41, 5.74) is -0.353. The molecule has 0 spiro atoms. The van der Waals surface area contributed by atoms with Crippen molar-refractivity contribution < 1.29 is 24.1 Å². The zero-order valence-corrected chi connectivity index (χ0v) is 17.8. The lowest BCUT2D eigenvalue weighted by atomic mass is 10.1. The van der Waals surface area contributed by atoms with Crippen LogP contribution in [0.5, 0.6) is 17.6 Å². The van der Waals surface area contributed by atoms with E-state index in [1.54, 1.807) is 0 Å². The molecule has 0 atom stereocenters. The summed E-state index contributed by atoms with van der Waals surface area (Å²) in [5.74, 6) is 0.878. The first-order chi connectivity index (χ1) is 14.2. The Hall–Kier alpha value is -3.21. The molecule has 0 unspecified atom stereocenters. The van der Waals surface area contributed by atoms with Gasteiger partial charge in [-0.3, -0.25) is 20.2 Å². The lowest BCUT2D eigenvalue weighted by Gasteiger charge is -2.08. The van der Waals surface area contributed by atoms with E-state index in [-0.39, 0.29) is 28.3 Å². The minimum absolute atomic E-state index is 0.0265. The van der Waals surface area contributed by atoms with Crippen LogP contribution in [0.1, 0.15) is 26.7 Å². The Bertz CT molecular complexity index is 864. The van der Waals surface area contributed by atoms with Crippen LogP contribution in [0.2, 0.25) is 5.15 Å². The van der Waals surface area contributed by atoms with E-state index in [1.807, 2.05) is 0 Å². The van der Waals surface area contributed by atoms with Crippen LogP contribution < -0.4 is 14.2 Å². The number of halogens is 1. The summed E-state index contributed by atoms with van der Waals surface area (Å²) < 4.78 is 14.9. The Morgan fingerprint density at radius 3 is 2.00 bits per heavy atom. The molecule has 2 rings (SSSR count). The molecule has 0 amide bonds. The lowest BCUT2D eigenvalue weighted by Crippen LogP contribution is -2.03. The first kappa shape index (κ1) is 24.8. The molecule has 0 N–H and O–H groups in total. The Morgan fingerprint density at radius 1 is 0.967 bits per heavy atom. The van der Waals surface area contributed by atoms with E-state index >= 15 is 0 Å². The average Bonchev–Trinajstić information content (AvgIpc) is 2.70. The van der Waals surface area contributed by atoms with Gasteiger partial charge in [-0.2, -0.15) is 9.97 Å². The second-order valence-electron chi connectivity index (χ2n) is 6.24. The van der Waals surface area contributed by atoms with Crippen LogP contribution >= 0.6 is 11.6 Å².